The van der Waals surface area contributed by atoms with Gasteiger partial charge in [-0.05, 0) is 48.4 Å². The molecule has 9 heteroatoms. The van der Waals surface area contributed by atoms with Crippen LogP contribution >= 0.6 is 0 Å². The van der Waals surface area contributed by atoms with Crippen LogP contribution in [0.5, 0.6) is 5.75 Å². The average molecular weight is 453 g/mol. The first-order chi connectivity index (χ1) is 16.0. The molecule has 0 aliphatic rings. The van der Waals surface area contributed by atoms with Crippen molar-refractivity contribution in [3.8, 4) is 5.75 Å². The van der Waals surface area contributed by atoms with Crippen LogP contribution in [0.25, 0.3) is 0 Å². The topological polar surface area (TPSA) is 135 Å². The minimum atomic E-state index is -1.25. The molecular formula is C24H27N3O6. The third-order valence-electron chi connectivity index (χ3n) is 5.02. The Balaban J connectivity index is 1.57. The third kappa shape index (κ3) is 7.09. The number of H-pyrrole nitrogens is 1. The van der Waals surface area contributed by atoms with Crippen molar-refractivity contribution in [3.63, 3.8) is 0 Å². The molecule has 1 heterocycles. The second kappa shape index (κ2) is 11.7. The zero-order valence-corrected chi connectivity index (χ0v) is 17.9. The highest BCUT2D eigenvalue weighted by Gasteiger charge is 2.26. The zero-order valence-electron chi connectivity index (χ0n) is 17.9. The zero-order chi connectivity index (χ0) is 23.6. The number of aromatic nitrogens is 1. The number of para-hydroxylation sites is 1. The molecule has 0 bridgehead atoms. The highest BCUT2D eigenvalue weighted by atomic mass is 16.5. The van der Waals surface area contributed by atoms with Gasteiger partial charge in [0.25, 0.3) is 5.91 Å². The molecule has 3 rings (SSSR count). The van der Waals surface area contributed by atoms with Gasteiger partial charge in [0.1, 0.15) is 24.2 Å². The summed E-state index contributed by atoms with van der Waals surface area (Å²) in [5.74, 6) is 0.297. The van der Waals surface area contributed by atoms with E-state index in [1.165, 1.54) is 0 Å². The molecule has 174 valence electrons. The molecule has 0 fully saturated rings. The molecule has 0 unspecified atom stereocenters. The fourth-order valence-corrected chi connectivity index (χ4v) is 3.31. The van der Waals surface area contributed by atoms with Crippen LogP contribution in [0.2, 0.25) is 0 Å². The Labute approximate surface area is 191 Å². The molecule has 0 aliphatic carbocycles. The lowest BCUT2D eigenvalue weighted by atomic mass is 10.0. The van der Waals surface area contributed by atoms with E-state index >= 15 is 0 Å². The lowest BCUT2D eigenvalue weighted by Crippen LogP contribution is -2.48. The van der Waals surface area contributed by atoms with E-state index < -0.39 is 24.8 Å². The first-order valence-electron chi connectivity index (χ1n) is 10.5. The number of carbonyl (C=O) groups is 2. The number of hydrogen-bond donors (Lipinski definition) is 5. The summed E-state index contributed by atoms with van der Waals surface area (Å²) >= 11 is 0. The number of benzene rings is 2. The van der Waals surface area contributed by atoms with Crippen LogP contribution in [0.3, 0.4) is 0 Å². The van der Waals surface area contributed by atoms with Crippen molar-refractivity contribution >= 4 is 17.7 Å². The molecule has 0 saturated carbocycles. The molecule has 2 aromatic carbocycles. The number of nitrogens with one attached hydrogen (secondary N) is 2. The van der Waals surface area contributed by atoms with E-state index in [4.69, 9.17) is 4.74 Å². The van der Waals surface area contributed by atoms with Gasteiger partial charge in [0.15, 0.2) is 0 Å². The van der Waals surface area contributed by atoms with Crippen LogP contribution in [0, 0.1) is 0 Å². The molecule has 3 aromatic rings. The number of aromatic amines is 1. The summed E-state index contributed by atoms with van der Waals surface area (Å²) in [4.78, 5) is 27.8. The number of aliphatic hydroxyl groups excluding tert-OH is 2. The summed E-state index contributed by atoms with van der Waals surface area (Å²) in [5, 5.41) is 32.5. The average Bonchev–Trinajstić information content (AvgIpc) is 3.37. The van der Waals surface area contributed by atoms with Crippen LogP contribution in [-0.2, 0) is 6.42 Å². The monoisotopic (exact) mass is 453 g/mol. The SMILES string of the molecule is O=C(Nc1ccc(C[C@@H](CO)N(C[C@H](O)COc2ccccc2)C(=O)O)cc1)c1ccc[nH]1. The fourth-order valence-electron chi connectivity index (χ4n) is 3.31. The van der Waals surface area contributed by atoms with Crippen LogP contribution in [0.15, 0.2) is 72.9 Å². The van der Waals surface area contributed by atoms with Crippen LogP contribution in [0.4, 0.5) is 10.5 Å². The van der Waals surface area contributed by atoms with Gasteiger partial charge < -0.3 is 35.3 Å². The molecule has 1 aromatic heterocycles. The maximum atomic E-state index is 12.1. The molecule has 0 aliphatic heterocycles. The standard InChI is InChI=1S/C24H27N3O6/c28-15-19(27(24(31)32)14-20(29)16-33-21-5-2-1-3-6-21)13-17-8-10-18(11-9-17)26-23(30)22-7-4-12-25-22/h1-12,19-20,25,28-29H,13-16H2,(H,26,30)(H,31,32)/t19-,20-/m0/s1. The van der Waals surface area contributed by atoms with E-state index in [0.29, 0.717) is 17.1 Å². The van der Waals surface area contributed by atoms with Crippen molar-refractivity contribution < 1.29 is 29.6 Å². The number of carbonyl (C=O) groups excluding carboxylic acids is 1. The number of amides is 2. The van der Waals surface area contributed by atoms with Crippen molar-refractivity contribution in [2.75, 3.05) is 25.1 Å². The number of ether oxygens (including phenoxy) is 1. The van der Waals surface area contributed by atoms with Gasteiger partial charge in [-0.15, -0.1) is 0 Å². The van der Waals surface area contributed by atoms with Crippen molar-refractivity contribution in [2.45, 2.75) is 18.6 Å². The van der Waals surface area contributed by atoms with E-state index in [1.54, 1.807) is 66.9 Å². The molecule has 0 saturated heterocycles. The Hall–Kier alpha value is -3.82. The number of carboxylic acid groups (broad SMARTS) is 1. The third-order valence-corrected chi connectivity index (χ3v) is 5.02. The van der Waals surface area contributed by atoms with Crippen molar-refractivity contribution in [3.05, 3.63) is 84.2 Å². The second-order valence-electron chi connectivity index (χ2n) is 7.49. The second-order valence-corrected chi connectivity index (χ2v) is 7.49. The van der Waals surface area contributed by atoms with Gasteiger partial charge in [-0.2, -0.15) is 0 Å². The van der Waals surface area contributed by atoms with E-state index in [-0.39, 0.29) is 25.5 Å². The molecule has 2 atom stereocenters. The van der Waals surface area contributed by atoms with Crippen LogP contribution < -0.4 is 10.1 Å². The molecule has 0 radical (unpaired) electrons. The minimum Gasteiger partial charge on any atom is -0.491 e. The predicted octanol–water partition coefficient (Wildman–Crippen LogP) is 2.59. The van der Waals surface area contributed by atoms with Crippen LogP contribution in [-0.4, -0.2) is 69.1 Å². The van der Waals surface area contributed by atoms with Gasteiger partial charge >= 0.3 is 6.09 Å². The Morgan fingerprint density at radius 2 is 1.76 bits per heavy atom. The number of rotatable bonds is 11. The van der Waals surface area contributed by atoms with E-state index in [9.17, 15) is 24.9 Å². The van der Waals surface area contributed by atoms with Gasteiger partial charge in [-0.25, -0.2) is 4.79 Å². The van der Waals surface area contributed by atoms with Gasteiger partial charge in [0.05, 0.1) is 19.2 Å². The van der Waals surface area contributed by atoms with Gasteiger partial charge in [-0.3, -0.25) is 4.79 Å². The number of aliphatic hydroxyl groups is 2. The fraction of sp³-hybridized carbons (Fsp3) is 0.250. The maximum Gasteiger partial charge on any atom is 0.407 e. The van der Waals surface area contributed by atoms with Gasteiger partial charge in [0.2, 0.25) is 0 Å². The molecule has 2 amide bonds. The normalized spacial score (nSPS) is 12.5. The van der Waals surface area contributed by atoms with E-state index in [1.807, 2.05) is 6.07 Å². The Morgan fingerprint density at radius 3 is 2.36 bits per heavy atom. The molecule has 0 spiro atoms. The predicted molar refractivity (Wildman–Crippen MR) is 122 cm³/mol. The quantitative estimate of drug-likeness (QED) is 0.303. The van der Waals surface area contributed by atoms with E-state index in [0.717, 1.165) is 10.5 Å². The Morgan fingerprint density at radius 1 is 1.03 bits per heavy atom. The summed E-state index contributed by atoms with van der Waals surface area (Å²) in [5.41, 5.74) is 1.79. The molecule has 33 heavy (non-hydrogen) atoms. The number of hydrogen-bond acceptors (Lipinski definition) is 5. The molecule has 5 N–H and O–H groups in total. The summed E-state index contributed by atoms with van der Waals surface area (Å²) in [6, 6.07) is 18.5. The summed E-state index contributed by atoms with van der Waals surface area (Å²) in [6.07, 6.45) is -0.421. The minimum absolute atomic E-state index is 0.0822. The number of nitrogens with zero attached hydrogens (tertiary/aromatic N) is 1. The lowest BCUT2D eigenvalue weighted by molar-refractivity contribution is 0.0388. The first kappa shape index (κ1) is 23.8. The Bertz CT molecular complexity index is 1010. The maximum absolute atomic E-state index is 12.1. The van der Waals surface area contributed by atoms with Crippen molar-refractivity contribution in [1.82, 2.24) is 9.88 Å². The van der Waals surface area contributed by atoms with Crippen molar-refractivity contribution in [2.24, 2.45) is 0 Å². The van der Waals surface area contributed by atoms with Gasteiger partial charge in [-0.1, -0.05) is 30.3 Å². The highest BCUT2D eigenvalue weighted by Crippen LogP contribution is 2.16. The highest BCUT2D eigenvalue weighted by molar-refractivity contribution is 6.02. The molecular weight excluding hydrogens is 426 g/mol. The molecule has 9 nitrogen and oxygen atoms in total. The lowest BCUT2D eigenvalue weighted by Gasteiger charge is -2.30. The number of anilines is 1. The summed E-state index contributed by atoms with van der Waals surface area (Å²) < 4.78 is 5.48. The largest absolute Gasteiger partial charge is 0.491 e. The summed E-state index contributed by atoms with van der Waals surface area (Å²) in [7, 11) is 0. The smallest absolute Gasteiger partial charge is 0.407 e. The summed E-state index contributed by atoms with van der Waals surface area (Å²) in [6.45, 7) is -0.706. The van der Waals surface area contributed by atoms with Crippen molar-refractivity contribution in [1.29, 1.82) is 0 Å². The van der Waals surface area contributed by atoms with Crippen LogP contribution in [0.1, 0.15) is 16.1 Å². The van der Waals surface area contributed by atoms with Gasteiger partial charge in [0, 0.05) is 11.9 Å². The Kier molecular flexibility index (Phi) is 8.45. The van der Waals surface area contributed by atoms with E-state index in [2.05, 4.69) is 10.3 Å². The first-order valence-corrected chi connectivity index (χ1v) is 10.5.